The number of rotatable bonds is 8. The lowest BCUT2D eigenvalue weighted by molar-refractivity contribution is 0.0985. The van der Waals surface area contributed by atoms with Gasteiger partial charge in [-0.1, -0.05) is 18.2 Å². The number of β-amino-alcohol motifs (C(OH)–C–C–N with tert-alkyl or cyclic N) is 1. The van der Waals surface area contributed by atoms with Crippen LogP contribution in [0.3, 0.4) is 0 Å². The predicted molar refractivity (Wildman–Crippen MR) is 119 cm³/mol. The molecule has 0 saturated carbocycles. The lowest BCUT2D eigenvalue weighted by Crippen LogP contribution is -2.46. The van der Waals surface area contributed by atoms with Gasteiger partial charge in [-0.05, 0) is 50.1 Å². The third-order valence-corrected chi connectivity index (χ3v) is 4.46. The summed E-state index contributed by atoms with van der Waals surface area (Å²) in [5, 5.41) is 23.0. The number of aromatic hydroxyl groups is 1. The third kappa shape index (κ3) is 6.19. The molecule has 0 aromatic heterocycles. The number of aliphatic hydroxyl groups is 1. The topological polar surface area (TPSA) is 74.1 Å². The molecule has 2 aromatic rings. The number of nitrogens with zero attached hydrogens (tertiary/aromatic N) is 1. The molecule has 0 spiro atoms. The van der Waals surface area contributed by atoms with Crippen LogP contribution in [0.4, 0.5) is 5.69 Å². The van der Waals surface area contributed by atoms with Crippen molar-refractivity contribution < 1.29 is 14.9 Å². The van der Waals surface area contributed by atoms with Crippen LogP contribution < -0.4 is 10.1 Å². The second-order valence-corrected chi connectivity index (χ2v) is 7.34. The fourth-order valence-electron chi connectivity index (χ4n) is 3.08. The highest BCUT2D eigenvalue weighted by Gasteiger charge is 2.20. The molecule has 1 aliphatic rings. The first-order valence-corrected chi connectivity index (χ1v) is 8.91. The van der Waals surface area contributed by atoms with Gasteiger partial charge >= 0.3 is 0 Å². The average Bonchev–Trinajstić information content (AvgIpc) is 3.09. The van der Waals surface area contributed by atoms with Crippen LogP contribution in [0.2, 0.25) is 0 Å². The van der Waals surface area contributed by atoms with Gasteiger partial charge in [-0.15, -0.1) is 24.0 Å². The summed E-state index contributed by atoms with van der Waals surface area (Å²) < 4.78 is 5.81. The van der Waals surface area contributed by atoms with Crippen LogP contribution in [0.5, 0.6) is 11.5 Å². The van der Waals surface area contributed by atoms with Gasteiger partial charge in [0.1, 0.15) is 24.2 Å². The minimum Gasteiger partial charge on any atom is -0.508 e. The van der Waals surface area contributed by atoms with Gasteiger partial charge < -0.3 is 20.3 Å². The Hall–Kier alpha value is -1.64. The number of nitrogens with one attached hydrogen (secondary N) is 1. The SMILES string of the molecule is CC(C)(Cc1ccc(O)cc1)NCC(O)COc1cccc2c1CC=N2.I. The van der Waals surface area contributed by atoms with E-state index < -0.39 is 6.10 Å². The van der Waals surface area contributed by atoms with Crippen molar-refractivity contribution in [1.82, 2.24) is 5.32 Å². The minimum absolute atomic E-state index is 0. The van der Waals surface area contributed by atoms with Gasteiger partial charge in [0, 0.05) is 30.3 Å². The Kier molecular flexibility index (Phi) is 7.64. The maximum absolute atomic E-state index is 10.3. The van der Waals surface area contributed by atoms with Gasteiger partial charge in [0.2, 0.25) is 0 Å². The monoisotopic (exact) mass is 482 g/mol. The van der Waals surface area contributed by atoms with Gasteiger partial charge in [0.05, 0.1) is 5.69 Å². The third-order valence-electron chi connectivity index (χ3n) is 4.46. The smallest absolute Gasteiger partial charge is 0.125 e. The maximum atomic E-state index is 10.3. The lowest BCUT2D eigenvalue weighted by Gasteiger charge is -2.28. The first-order valence-electron chi connectivity index (χ1n) is 8.91. The Morgan fingerprint density at radius 2 is 1.93 bits per heavy atom. The fraction of sp³-hybridized carbons (Fsp3) is 0.381. The van der Waals surface area contributed by atoms with Crippen molar-refractivity contribution in [2.45, 2.75) is 38.3 Å². The molecule has 0 fully saturated rings. The molecule has 1 heterocycles. The predicted octanol–water partition coefficient (Wildman–Crippen LogP) is 3.62. The van der Waals surface area contributed by atoms with Crippen LogP contribution in [0, 0.1) is 0 Å². The normalized spacial score (nSPS) is 13.7. The molecule has 0 saturated heterocycles. The molecule has 0 amide bonds. The Morgan fingerprint density at radius 3 is 2.67 bits per heavy atom. The number of ether oxygens (including phenoxy) is 1. The second-order valence-electron chi connectivity index (χ2n) is 7.34. The van der Waals surface area contributed by atoms with Gasteiger partial charge in [-0.2, -0.15) is 0 Å². The van der Waals surface area contributed by atoms with Crippen LogP contribution in [0.1, 0.15) is 25.0 Å². The van der Waals surface area contributed by atoms with E-state index >= 15 is 0 Å². The molecule has 146 valence electrons. The Labute approximate surface area is 177 Å². The first-order chi connectivity index (χ1) is 12.4. The van der Waals surface area contributed by atoms with Gasteiger partial charge in [0.25, 0.3) is 0 Å². The molecule has 0 bridgehead atoms. The van der Waals surface area contributed by atoms with Crippen LogP contribution in [0.15, 0.2) is 47.5 Å². The molecule has 1 atom stereocenters. The molecule has 0 radical (unpaired) electrons. The summed E-state index contributed by atoms with van der Waals surface area (Å²) in [7, 11) is 0. The number of phenolic OH excluding ortho intramolecular Hbond substituents is 1. The van der Waals surface area contributed by atoms with Crippen molar-refractivity contribution in [1.29, 1.82) is 0 Å². The highest BCUT2D eigenvalue weighted by molar-refractivity contribution is 14.0. The van der Waals surface area contributed by atoms with Gasteiger partial charge in [-0.25, -0.2) is 0 Å². The number of aliphatic imine (C=N–C) groups is 1. The molecule has 1 aliphatic heterocycles. The molecule has 0 aliphatic carbocycles. The van der Waals surface area contributed by atoms with Crippen LogP contribution in [-0.4, -0.2) is 41.2 Å². The van der Waals surface area contributed by atoms with Crippen molar-refractivity contribution in [3.8, 4) is 11.5 Å². The highest BCUT2D eigenvalue weighted by atomic mass is 127. The van der Waals surface area contributed by atoms with Crippen LogP contribution >= 0.6 is 24.0 Å². The Morgan fingerprint density at radius 1 is 1.19 bits per heavy atom. The average molecular weight is 482 g/mol. The van der Waals surface area contributed by atoms with E-state index in [0.717, 1.165) is 35.4 Å². The summed E-state index contributed by atoms with van der Waals surface area (Å²) in [6.45, 7) is 4.86. The minimum atomic E-state index is -0.604. The van der Waals surface area contributed by atoms with Crippen molar-refractivity contribution in [3.05, 3.63) is 53.6 Å². The van der Waals surface area contributed by atoms with E-state index in [0.29, 0.717) is 6.54 Å². The van der Waals surface area contributed by atoms with E-state index in [1.165, 1.54) is 0 Å². The van der Waals surface area contributed by atoms with Gasteiger partial charge in [0.15, 0.2) is 0 Å². The van der Waals surface area contributed by atoms with E-state index in [1.807, 2.05) is 36.5 Å². The largest absolute Gasteiger partial charge is 0.508 e. The lowest BCUT2D eigenvalue weighted by atomic mass is 9.94. The molecule has 2 aromatic carbocycles. The van der Waals surface area contributed by atoms with E-state index in [1.54, 1.807) is 12.1 Å². The van der Waals surface area contributed by atoms with Gasteiger partial charge in [-0.3, -0.25) is 4.99 Å². The summed E-state index contributed by atoms with van der Waals surface area (Å²) in [6, 6.07) is 13.0. The number of halogens is 1. The molecule has 1 unspecified atom stereocenters. The summed E-state index contributed by atoms with van der Waals surface area (Å²) in [4.78, 5) is 4.31. The highest BCUT2D eigenvalue weighted by Crippen LogP contribution is 2.32. The van der Waals surface area contributed by atoms with Crippen LogP contribution in [0.25, 0.3) is 0 Å². The van der Waals surface area contributed by atoms with Crippen molar-refractivity contribution in [2.75, 3.05) is 13.2 Å². The molecule has 3 rings (SSSR count). The zero-order valence-electron chi connectivity index (χ0n) is 15.7. The molecular formula is C21H27IN2O3. The number of phenols is 1. The van der Waals surface area contributed by atoms with E-state index in [4.69, 9.17) is 4.74 Å². The zero-order valence-corrected chi connectivity index (χ0v) is 18.0. The Balaban J connectivity index is 0.00000261. The quantitative estimate of drug-likeness (QED) is 0.503. The second kappa shape index (κ2) is 9.52. The molecular weight excluding hydrogens is 455 g/mol. The summed E-state index contributed by atoms with van der Waals surface area (Å²) >= 11 is 0. The molecule has 5 nitrogen and oxygen atoms in total. The number of benzene rings is 2. The first kappa shape index (κ1) is 21.7. The fourth-order valence-corrected chi connectivity index (χ4v) is 3.08. The Bertz CT molecular complexity index is 775. The summed E-state index contributed by atoms with van der Waals surface area (Å²) in [5.74, 6) is 1.06. The number of fused-ring (bicyclic) bond motifs is 1. The van der Waals surface area contributed by atoms with E-state index in [2.05, 4.69) is 24.2 Å². The molecule has 3 N–H and O–H groups in total. The zero-order chi connectivity index (χ0) is 18.6. The van der Waals surface area contributed by atoms with Crippen LogP contribution in [-0.2, 0) is 12.8 Å². The van der Waals surface area contributed by atoms with Crippen molar-refractivity contribution in [2.24, 2.45) is 4.99 Å². The number of hydrogen-bond acceptors (Lipinski definition) is 5. The molecule has 27 heavy (non-hydrogen) atoms. The maximum Gasteiger partial charge on any atom is 0.125 e. The van der Waals surface area contributed by atoms with E-state index in [-0.39, 0.29) is 41.9 Å². The molecule has 6 heteroatoms. The number of aliphatic hydroxyl groups excluding tert-OH is 1. The summed E-state index contributed by atoms with van der Waals surface area (Å²) in [6.07, 6.45) is 2.85. The van der Waals surface area contributed by atoms with E-state index in [9.17, 15) is 10.2 Å². The number of hydrogen-bond donors (Lipinski definition) is 3. The van der Waals surface area contributed by atoms with Crippen molar-refractivity contribution in [3.63, 3.8) is 0 Å². The standard InChI is InChI=1S/C21H26N2O3.HI/c1-21(2,12-15-6-8-16(24)9-7-15)23-13-17(25)14-26-20-5-3-4-19-18(20)10-11-22-19;/h3-9,11,17,23-25H,10,12-14H2,1-2H3;1H. The van der Waals surface area contributed by atoms with Crippen molar-refractivity contribution >= 4 is 35.9 Å². The summed E-state index contributed by atoms with van der Waals surface area (Å²) in [5.41, 5.74) is 2.98.